The molecular weight excluding hydrogens is 260 g/mol. The van der Waals surface area contributed by atoms with Crippen molar-refractivity contribution < 1.29 is 24.1 Å². The summed E-state index contributed by atoms with van der Waals surface area (Å²) in [5, 5.41) is 8.52. The zero-order valence-electron chi connectivity index (χ0n) is 13.5. The minimum Gasteiger partial charge on any atom is -0.394 e. The van der Waals surface area contributed by atoms with Gasteiger partial charge >= 0.3 is 0 Å². The van der Waals surface area contributed by atoms with Gasteiger partial charge in [-0.25, -0.2) is 0 Å². The maximum atomic E-state index is 8.52. The summed E-state index contributed by atoms with van der Waals surface area (Å²) in [4.78, 5) is 0. The van der Waals surface area contributed by atoms with Crippen molar-refractivity contribution in [2.45, 2.75) is 52.2 Å². The van der Waals surface area contributed by atoms with Crippen LogP contribution in [0.3, 0.4) is 0 Å². The van der Waals surface area contributed by atoms with E-state index in [2.05, 4.69) is 27.7 Å². The molecule has 20 heavy (non-hydrogen) atoms. The second-order valence-corrected chi connectivity index (χ2v) is 5.66. The molecule has 0 saturated carbocycles. The van der Waals surface area contributed by atoms with Gasteiger partial charge in [-0.3, -0.25) is 0 Å². The summed E-state index contributed by atoms with van der Waals surface area (Å²) in [6, 6.07) is 0. The summed E-state index contributed by atoms with van der Waals surface area (Å²) in [7, 11) is 0. The summed E-state index contributed by atoms with van der Waals surface area (Å²) >= 11 is 0. The number of ether oxygens (including phenoxy) is 4. The van der Waals surface area contributed by atoms with E-state index in [1.807, 2.05) is 0 Å². The fraction of sp³-hybridized carbons (Fsp3) is 1.00. The van der Waals surface area contributed by atoms with Gasteiger partial charge in [0.2, 0.25) is 0 Å². The van der Waals surface area contributed by atoms with Crippen LogP contribution in [0.4, 0.5) is 0 Å². The SMILES string of the molecule is CCCC(COCCOCCOCCO)OC(C)(C)C. The van der Waals surface area contributed by atoms with Crippen LogP contribution in [0, 0.1) is 0 Å². The maximum Gasteiger partial charge on any atom is 0.0815 e. The van der Waals surface area contributed by atoms with E-state index < -0.39 is 0 Å². The molecule has 0 rings (SSSR count). The summed E-state index contributed by atoms with van der Waals surface area (Å²) in [6.07, 6.45) is 2.24. The largest absolute Gasteiger partial charge is 0.394 e. The molecule has 1 atom stereocenters. The molecule has 0 bridgehead atoms. The van der Waals surface area contributed by atoms with Gasteiger partial charge in [0.25, 0.3) is 0 Å². The number of hydrogen-bond acceptors (Lipinski definition) is 5. The van der Waals surface area contributed by atoms with E-state index in [0.717, 1.165) is 12.8 Å². The highest BCUT2D eigenvalue weighted by Crippen LogP contribution is 2.14. The molecule has 0 spiro atoms. The van der Waals surface area contributed by atoms with E-state index in [4.69, 9.17) is 24.1 Å². The van der Waals surface area contributed by atoms with Crippen molar-refractivity contribution in [1.82, 2.24) is 0 Å². The highest BCUT2D eigenvalue weighted by molar-refractivity contribution is 4.65. The van der Waals surface area contributed by atoms with Gasteiger partial charge in [0, 0.05) is 0 Å². The van der Waals surface area contributed by atoms with Gasteiger partial charge in [0.05, 0.1) is 58.0 Å². The summed E-state index contributed by atoms with van der Waals surface area (Å²) in [6.45, 7) is 11.5. The summed E-state index contributed by atoms with van der Waals surface area (Å²) in [5.41, 5.74) is -0.135. The molecule has 0 aromatic carbocycles. The first-order valence-electron chi connectivity index (χ1n) is 7.51. The second-order valence-electron chi connectivity index (χ2n) is 5.66. The fourth-order valence-corrected chi connectivity index (χ4v) is 1.72. The topological polar surface area (TPSA) is 57.2 Å². The maximum absolute atomic E-state index is 8.52. The highest BCUT2D eigenvalue weighted by atomic mass is 16.6. The third-order valence-electron chi connectivity index (χ3n) is 2.41. The molecule has 0 aromatic heterocycles. The average Bonchev–Trinajstić information content (AvgIpc) is 2.35. The Morgan fingerprint density at radius 3 is 1.95 bits per heavy atom. The van der Waals surface area contributed by atoms with Crippen molar-refractivity contribution in [1.29, 1.82) is 0 Å². The first-order chi connectivity index (χ1) is 9.49. The molecule has 0 aliphatic rings. The van der Waals surface area contributed by atoms with Crippen LogP contribution in [0.2, 0.25) is 0 Å². The third-order valence-corrected chi connectivity index (χ3v) is 2.41. The molecule has 0 saturated heterocycles. The summed E-state index contributed by atoms with van der Waals surface area (Å²) in [5.74, 6) is 0. The first-order valence-corrected chi connectivity index (χ1v) is 7.51. The molecule has 0 heterocycles. The molecule has 0 fully saturated rings. The van der Waals surface area contributed by atoms with E-state index in [9.17, 15) is 0 Å². The molecule has 0 aliphatic heterocycles. The lowest BCUT2D eigenvalue weighted by Crippen LogP contribution is -2.31. The number of aliphatic hydroxyl groups is 1. The van der Waals surface area contributed by atoms with Crippen molar-refractivity contribution in [3.05, 3.63) is 0 Å². The normalized spacial score (nSPS) is 13.7. The number of hydrogen-bond donors (Lipinski definition) is 1. The van der Waals surface area contributed by atoms with Crippen LogP contribution in [0.25, 0.3) is 0 Å². The molecule has 1 N–H and O–H groups in total. The Hall–Kier alpha value is -0.200. The van der Waals surface area contributed by atoms with E-state index in [1.165, 1.54) is 0 Å². The average molecular weight is 292 g/mol. The van der Waals surface area contributed by atoms with Crippen LogP contribution >= 0.6 is 0 Å². The quantitative estimate of drug-likeness (QED) is 0.526. The molecule has 0 aromatic rings. The van der Waals surface area contributed by atoms with E-state index in [1.54, 1.807) is 0 Å². The van der Waals surface area contributed by atoms with Crippen LogP contribution < -0.4 is 0 Å². The highest BCUT2D eigenvalue weighted by Gasteiger charge is 2.18. The van der Waals surface area contributed by atoms with Gasteiger partial charge < -0.3 is 24.1 Å². The van der Waals surface area contributed by atoms with Crippen LogP contribution in [0.15, 0.2) is 0 Å². The standard InChI is InChI=1S/C15H32O5/c1-5-6-14(20-15(2,3)4)13-19-12-11-18-10-9-17-8-7-16/h14,16H,5-13H2,1-4H3. The van der Waals surface area contributed by atoms with Crippen molar-refractivity contribution >= 4 is 0 Å². The zero-order chi connectivity index (χ0) is 15.3. The number of aliphatic hydroxyl groups excluding tert-OH is 1. The molecule has 5 nitrogen and oxygen atoms in total. The van der Waals surface area contributed by atoms with Gasteiger partial charge in [0.1, 0.15) is 0 Å². The molecular formula is C15H32O5. The Morgan fingerprint density at radius 1 is 0.900 bits per heavy atom. The monoisotopic (exact) mass is 292 g/mol. The van der Waals surface area contributed by atoms with Gasteiger partial charge in [0.15, 0.2) is 0 Å². The Kier molecular flexibility index (Phi) is 12.4. The zero-order valence-corrected chi connectivity index (χ0v) is 13.5. The van der Waals surface area contributed by atoms with E-state index in [-0.39, 0.29) is 18.3 Å². The van der Waals surface area contributed by atoms with Gasteiger partial charge in [-0.1, -0.05) is 13.3 Å². The van der Waals surface area contributed by atoms with Gasteiger partial charge in [-0.15, -0.1) is 0 Å². The molecule has 5 heteroatoms. The molecule has 0 radical (unpaired) electrons. The minimum atomic E-state index is -0.135. The van der Waals surface area contributed by atoms with Gasteiger partial charge in [-0.2, -0.15) is 0 Å². The Bertz CT molecular complexity index is 203. The fourth-order valence-electron chi connectivity index (χ4n) is 1.72. The molecule has 122 valence electrons. The van der Waals surface area contributed by atoms with Crippen LogP contribution in [-0.2, 0) is 18.9 Å². The second kappa shape index (κ2) is 12.5. The molecule has 0 aliphatic carbocycles. The van der Waals surface area contributed by atoms with Crippen LogP contribution in [0.5, 0.6) is 0 Å². The first kappa shape index (κ1) is 19.8. The predicted octanol–water partition coefficient (Wildman–Crippen LogP) is 2.01. The lowest BCUT2D eigenvalue weighted by molar-refractivity contribution is -0.1000. The van der Waals surface area contributed by atoms with Gasteiger partial charge in [-0.05, 0) is 27.2 Å². The lowest BCUT2D eigenvalue weighted by Gasteiger charge is -2.27. The third kappa shape index (κ3) is 14.2. The minimum absolute atomic E-state index is 0.0513. The van der Waals surface area contributed by atoms with Crippen LogP contribution in [0.1, 0.15) is 40.5 Å². The molecule has 1 unspecified atom stereocenters. The number of rotatable bonds is 13. The van der Waals surface area contributed by atoms with Crippen molar-refractivity contribution in [3.8, 4) is 0 Å². The van der Waals surface area contributed by atoms with Crippen molar-refractivity contribution in [2.75, 3.05) is 46.2 Å². The van der Waals surface area contributed by atoms with Crippen molar-refractivity contribution in [3.63, 3.8) is 0 Å². The van der Waals surface area contributed by atoms with E-state index in [0.29, 0.717) is 39.6 Å². The smallest absolute Gasteiger partial charge is 0.0815 e. The van der Waals surface area contributed by atoms with E-state index >= 15 is 0 Å². The Labute approximate surface area is 123 Å². The lowest BCUT2D eigenvalue weighted by atomic mass is 10.1. The summed E-state index contributed by atoms with van der Waals surface area (Å²) < 4.78 is 22.0. The predicted molar refractivity (Wildman–Crippen MR) is 79.1 cm³/mol. The van der Waals surface area contributed by atoms with Crippen LogP contribution in [-0.4, -0.2) is 63.1 Å². The van der Waals surface area contributed by atoms with Crippen molar-refractivity contribution in [2.24, 2.45) is 0 Å². The Balaban J connectivity index is 3.49. The molecule has 0 amide bonds. The Morgan fingerprint density at radius 2 is 1.45 bits per heavy atom.